The zero-order valence-electron chi connectivity index (χ0n) is 21.8. The summed E-state index contributed by atoms with van der Waals surface area (Å²) in [7, 11) is 3.06. The molecule has 1 amide bonds. The zero-order valence-corrected chi connectivity index (χ0v) is 21.8. The molecule has 4 aromatic rings. The van der Waals surface area contributed by atoms with E-state index in [0.717, 1.165) is 29.7 Å². The van der Waals surface area contributed by atoms with Crippen LogP contribution in [-0.4, -0.2) is 47.6 Å². The molecular formula is C30H27N3O6. The lowest BCUT2D eigenvalue weighted by atomic mass is 9.93. The summed E-state index contributed by atoms with van der Waals surface area (Å²) in [6.07, 6.45) is 1.67. The minimum atomic E-state index is -0.901. The molecule has 3 heterocycles. The van der Waals surface area contributed by atoms with Gasteiger partial charge in [-0.3, -0.25) is 14.5 Å². The Balaban J connectivity index is 1.53. The molecule has 9 heteroatoms. The molecule has 6 rings (SSSR count). The fraction of sp³-hybridized carbons (Fsp3) is 0.233. The highest BCUT2D eigenvalue weighted by Crippen LogP contribution is 2.43. The minimum Gasteiger partial charge on any atom is -0.507 e. The van der Waals surface area contributed by atoms with Crippen molar-refractivity contribution in [2.75, 3.05) is 25.7 Å². The van der Waals surface area contributed by atoms with Gasteiger partial charge < -0.3 is 24.3 Å². The molecule has 0 aliphatic carbocycles. The molecule has 0 saturated carbocycles. The second-order valence-electron chi connectivity index (χ2n) is 9.64. The van der Waals surface area contributed by atoms with Crippen molar-refractivity contribution in [3.63, 3.8) is 0 Å². The number of amides is 1. The summed E-state index contributed by atoms with van der Waals surface area (Å²) in [5, 5.41) is 11.5. The first-order chi connectivity index (χ1) is 18.9. The normalized spacial score (nSPS) is 18.2. The number of fused-ring (bicyclic) bond motifs is 2. The highest BCUT2D eigenvalue weighted by Gasteiger charge is 2.48. The van der Waals surface area contributed by atoms with Crippen molar-refractivity contribution >= 4 is 34.4 Å². The maximum absolute atomic E-state index is 13.6. The summed E-state index contributed by atoms with van der Waals surface area (Å²) >= 11 is 0. The van der Waals surface area contributed by atoms with Gasteiger partial charge in [-0.2, -0.15) is 0 Å². The van der Waals surface area contributed by atoms with Gasteiger partial charge in [-0.15, -0.1) is 0 Å². The van der Waals surface area contributed by atoms with Crippen LogP contribution in [0.4, 0.5) is 5.95 Å². The van der Waals surface area contributed by atoms with E-state index in [9.17, 15) is 14.7 Å². The number of ketones is 1. The van der Waals surface area contributed by atoms with Crippen LogP contribution in [0.25, 0.3) is 16.8 Å². The van der Waals surface area contributed by atoms with E-state index in [4.69, 9.17) is 14.2 Å². The fourth-order valence-corrected chi connectivity index (χ4v) is 5.31. The number of ether oxygens (including phenoxy) is 3. The lowest BCUT2D eigenvalue weighted by Gasteiger charge is -2.23. The number of nitrogens with one attached hydrogen (secondary N) is 1. The van der Waals surface area contributed by atoms with E-state index in [0.29, 0.717) is 40.3 Å². The molecule has 0 spiro atoms. The van der Waals surface area contributed by atoms with Crippen molar-refractivity contribution < 1.29 is 28.9 Å². The molecule has 2 aliphatic rings. The number of carbonyl (C=O) groups is 2. The number of aryl methyl sites for hydroxylation is 2. The van der Waals surface area contributed by atoms with Crippen LogP contribution in [-0.2, 0) is 16.0 Å². The van der Waals surface area contributed by atoms with E-state index in [1.807, 2.05) is 37.3 Å². The summed E-state index contributed by atoms with van der Waals surface area (Å²) in [4.78, 5) is 36.2. The average molecular weight is 526 g/mol. The predicted molar refractivity (Wildman–Crippen MR) is 145 cm³/mol. The lowest BCUT2D eigenvalue weighted by molar-refractivity contribution is -0.132. The monoisotopic (exact) mass is 525 g/mol. The fourth-order valence-electron chi connectivity index (χ4n) is 5.31. The summed E-state index contributed by atoms with van der Waals surface area (Å²) in [5.74, 6) is 0.0973. The molecule has 39 heavy (non-hydrogen) atoms. The number of anilines is 1. The zero-order chi connectivity index (χ0) is 27.3. The molecule has 1 saturated heterocycles. The largest absolute Gasteiger partial charge is 0.507 e. The van der Waals surface area contributed by atoms with Gasteiger partial charge in [-0.05, 0) is 49.1 Å². The maximum atomic E-state index is 13.6. The molecule has 1 aromatic heterocycles. The number of methoxy groups -OCH3 is 2. The molecular weight excluding hydrogens is 498 g/mol. The molecule has 2 aliphatic heterocycles. The van der Waals surface area contributed by atoms with Crippen molar-refractivity contribution in [3.8, 4) is 17.2 Å². The number of hydrogen-bond donors (Lipinski definition) is 2. The maximum Gasteiger partial charge on any atom is 0.302 e. The van der Waals surface area contributed by atoms with Gasteiger partial charge in [0.2, 0.25) is 5.95 Å². The van der Waals surface area contributed by atoms with Crippen LogP contribution >= 0.6 is 0 Å². The number of aromatic amines is 1. The van der Waals surface area contributed by atoms with Crippen molar-refractivity contribution in [1.29, 1.82) is 0 Å². The van der Waals surface area contributed by atoms with E-state index in [1.165, 1.54) is 19.1 Å². The molecule has 198 valence electrons. The van der Waals surface area contributed by atoms with Crippen molar-refractivity contribution in [2.45, 2.75) is 25.8 Å². The Kier molecular flexibility index (Phi) is 5.98. The Morgan fingerprint density at radius 3 is 2.64 bits per heavy atom. The van der Waals surface area contributed by atoms with Gasteiger partial charge >= 0.3 is 5.91 Å². The molecule has 0 bridgehead atoms. The van der Waals surface area contributed by atoms with Crippen LogP contribution in [0, 0.1) is 6.92 Å². The number of aromatic nitrogens is 2. The topological polar surface area (TPSA) is 114 Å². The average Bonchev–Trinajstić information content (AvgIpc) is 3.48. The number of aliphatic hydroxyl groups is 1. The number of hydrogen-bond acceptors (Lipinski definition) is 7. The first-order valence-corrected chi connectivity index (χ1v) is 12.6. The molecule has 0 radical (unpaired) electrons. The number of nitrogens with zero attached hydrogens (tertiary/aromatic N) is 2. The van der Waals surface area contributed by atoms with Crippen LogP contribution in [0.1, 0.15) is 34.7 Å². The van der Waals surface area contributed by atoms with Crippen LogP contribution < -0.4 is 19.1 Å². The first kappa shape index (κ1) is 24.5. The molecule has 9 nitrogen and oxygen atoms in total. The lowest BCUT2D eigenvalue weighted by Crippen LogP contribution is -2.30. The number of carbonyl (C=O) groups excluding carboxylic acids is 2. The summed E-state index contributed by atoms with van der Waals surface area (Å²) in [5.41, 5.74) is 4.15. The molecule has 1 unspecified atom stereocenters. The van der Waals surface area contributed by atoms with Gasteiger partial charge in [0.15, 0.2) is 11.5 Å². The SMILES string of the molecule is COc1cc2nc(N3C(=O)C(=O)/C(=C(/O)c4ccc5c(c4)CCCO5)C3c3cccc(C)c3)[nH]c2cc1OC. The number of Topliss-reactive ketones (excluding diaryl/α,β-unsaturated/α-hetero) is 1. The second-order valence-corrected chi connectivity index (χ2v) is 9.64. The Hall–Kier alpha value is -4.79. The van der Waals surface area contributed by atoms with Gasteiger partial charge in [0.25, 0.3) is 5.78 Å². The van der Waals surface area contributed by atoms with Crippen LogP contribution in [0.5, 0.6) is 17.2 Å². The van der Waals surface area contributed by atoms with Crippen LogP contribution in [0.15, 0.2) is 60.2 Å². The molecule has 3 aromatic carbocycles. The third kappa shape index (κ3) is 4.06. The van der Waals surface area contributed by atoms with Crippen molar-refractivity contribution in [3.05, 3.63) is 82.4 Å². The first-order valence-electron chi connectivity index (χ1n) is 12.6. The summed E-state index contributed by atoms with van der Waals surface area (Å²) < 4.78 is 16.5. The number of H-pyrrole nitrogens is 1. The number of rotatable bonds is 5. The van der Waals surface area contributed by atoms with Crippen molar-refractivity contribution in [2.24, 2.45) is 0 Å². The Morgan fingerprint density at radius 2 is 1.87 bits per heavy atom. The predicted octanol–water partition coefficient (Wildman–Crippen LogP) is 4.84. The number of benzene rings is 3. The standard InChI is InChI=1S/C30H27N3O6/c1-16-6-4-7-18(12-16)26-25(27(34)19-9-10-22-17(13-19)8-5-11-39-22)28(35)29(36)33(26)30-31-20-14-23(37-2)24(38-3)15-21(20)32-30/h4,6-7,9-10,12-15,26,34H,5,8,11H2,1-3H3,(H,31,32)/b27-25+. The number of aliphatic hydroxyl groups excluding tert-OH is 1. The third-order valence-electron chi connectivity index (χ3n) is 7.19. The molecule has 1 fully saturated rings. The smallest absolute Gasteiger partial charge is 0.302 e. The van der Waals surface area contributed by atoms with Gasteiger partial charge in [0.1, 0.15) is 11.5 Å². The summed E-state index contributed by atoms with van der Waals surface area (Å²) in [6.45, 7) is 2.57. The summed E-state index contributed by atoms with van der Waals surface area (Å²) in [6, 6.07) is 15.4. The minimum absolute atomic E-state index is 0.00195. The highest BCUT2D eigenvalue weighted by atomic mass is 16.5. The third-order valence-corrected chi connectivity index (χ3v) is 7.19. The van der Waals surface area contributed by atoms with E-state index < -0.39 is 17.7 Å². The van der Waals surface area contributed by atoms with E-state index in [2.05, 4.69) is 9.97 Å². The van der Waals surface area contributed by atoms with Crippen LogP contribution in [0.3, 0.4) is 0 Å². The number of imidazole rings is 1. The Labute approximate surface area is 224 Å². The van der Waals surface area contributed by atoms with Gasteiger partial charge in [0, 0.05) is 17.7 Å². The van der Waals surface area contributed by atoms with Crippen LogP contribution in [0.2, 0.25) is 0 Å². The highest BCUT2D eigenvalue weighted by molar-refractivity contribution is 6.51. The van der Waals surface area contributed by atoms with Gasteiger partial charge in [0.05, 0.1) is 43.5 Å². The second kappa shape index (κ2) is 9.50. The molecule has 1 atom stereocenters. The quantitative estimate of drug-likeness (QED) is 0.218. The Bertz CT molecular complexity index is 1630. The van der Waals surface area contributed by atoms with Gasteiger partial charge in [-0.25, -0.2) is 4.98 Å². The van der Waals surface area contributed by atoms with E-state index >= 15 is 0 Å². The van der Waals surface area contributed by atoms with E-state index in [-0.39, 0.29) is 17.3 Å². The van der Waals surface area contributed by atoms with Crippen molar-refractivity contribution in [1.82, 2.24) is 9.97 Å². The van der Waals surface area contributed by atoms with E-state index in [1.54, 1.807) is 24.3 Å². The molecule has 2 N–H and O–H groups in total. The van der Waals surface area contributed by atoms with Gasteiger partial charge in [-0.1, -0.05) is 29.8 Å². The Morgan fingerprint density at radius 1 is 1.08 bits per heavy atom.